The lowest BCUT2D eigenvalue weighted by Crippen LogP contribution is -1.97. The smallest absolute Gasteiger partial charge is 0.371 e. The van der Waals surface area contributed by atoms with Gasteiger partial charge in [-0.15, -0.1) is 0 Å². The molecule has 0 amide bonds. The molecule has 0 radical (unpaired) electrons. The number of halogens is 2. The first-order valence-electron chi connectivity index (χ1n) is 3.66. The highest BCUT2D eigenvalue weighted by atomic mass is 35.5. The molecule has 2 rings (SSSR count). The SMILES string of the molecule is O=C(O)c1nc2c(F)c(Cl)ccc2[nH]1. The van der Waals surface area contributed by atoms with E-state index < -0.39 is 11.8 Å². The van der Waals surface area contributed by atoms with Gasteiger partial charge in [-0.25, -0.2) is 14.2 Å². The number of aromatic carboxylic acids is 1. The van der Waals surface area contributed by atoms with Gasteiger partial charge in [-0.3, -0.25) is 0 Å². The second kappa shape index (κ2) is 2.95. The Balaban J connectivity index is 2.77. The summed E-state index contributed by atoms with van der Waals surface area (Å²) in [5.74, 6) is -2.26. The van der Waals surface area contributed by atoms with Crippen LogP contribution in [0.4, 0.5) is 4.39 Å². The van der Waals surface area contributed by atoms with Crippen LogP contribution in [0.25, 0.3) is 11.0 Å². The fourth-order valence-electron chi connectivity index (χ4n) is 1.12. The van der Waals surface area contributed by atoms with Gasteiger partial charge in [-0.2, -0.15) is 0 Å². The quantitative estimate of drug-likeness (QED) is 0.764. The second-order valence-corrected chi connectivity index (χ2v) is 3.06. The molecule has 0 aliphatic rings. The van der Waals surface area contributed by atoms with Gasteiger partial charge >= 0.3 is 5.97 Å². The number of carbonyl (C=O) groups is 1. The van der Waals surface area contributed by atoms with Crippen molar-refractivity contribution in [2.45, 2.75) is 0 Å². The molecule has 1 aromatic carbocycles. The van der Waals surface area contributed by atoms with E-state index in [0.29, 0.717) is 5.52 Å². The first-order valence-corrected chi connectivity index (χ1v) is 4.04. The molecule has 0 saturated carbocycles. The minimum Gasteiger partial charge on any atom is -0.475 e. The highest BCUT2D eigenvalue weighted by Gasteiger charge is 2.13. The Kier molecular flexibility index (Phi) is 1.89. The van der Waals surface area contributed by atoms with Crippen LogP contribution < -0.4 is 0 Å². The molecular formula is C8H4ClFN2O2. The summed E-state index contributed by atoms with van der Waals surface area (Å²) in [6.07, 6.45) is 0. The van der Waals surface area contributed by atoms with Crippen LogP contribution in [0, 0.1) is 5.82 Å². The number of carboxylic acids is 1. The molecule has 1 heterocycles. The summed E-state index contributed by atoms with van der Waals surface area (Å²) in [4.78, 5) is 16.5. The van der Waals surface area contributed by atoms with Crippen LogP contribution in [-0.2, 0) is 0 Å². The van der Waals surface area contributed by atoms with Gasteiger partial charge in [-0.1, -0.05) is 11.6 Å². The van der Waals surface area contributed by atoms with Gasteiger partial charge < -0.3 is 10.1 Å². The van der Waals surface area contributed by atoms with E-state index in [2.05, 4.69) is 9.97 Å². The first kappa shape index (κ1) is 8.96. The minimum absolute atomic E-state index is 0.0603. The van der Waals surface area contributed by atoms with Crippen molar-refractivity contribution in [2.24, 2.45) is 0 Å². The van der Waals surface area contributed by atoms with Gasteiger partial charge in [0.05, 0.1) is 10.5 Å². The number of rotatable bonds is 1. The fourth-order valence-corrected chi connectivity index (χ4v) is 1.27. The summed E-state index contributed by atoms with van der Waals surface area (Å²) in [5, 5.41) is 8.51. The van der Waals surface area contributed by atoms with E-state index in [-0.39, 0.29) is 16.4 Å². The maximum absolute atomic E-state index is 13.3. The Morgan fingerprint density at radius 2 is 2.29 bits per heavy atom. The predicted octanol–water partition coefficient (Wildman–Crippen LogP) is 2.05. The molecule has 0 atom stereocenters. The normalized spacial score (nSPS) is 10.7. The number of hydrogen-bond acceptors (Lipinski definition) is 2. The summed E-state index contributed by atoms with van der Waals surface area (Å²) in [6.45, 7) is 0. The zero-order chi connectivity index (χ0) is 10.3. The molecule has 14 heavy (non-hydrogen) atoms. The summed E-state index contributed by atoms with van der Waals surface area (Å²) >= 11 is 5.50. The molecular weight excluding hydrogens is 211 g/mol. The molecule has 0 unspecified atom stereocenters. The Hall–Kier alpha value is -1.62. The van der Waals surface area contributed by atoms with Gasteiger partial charge in [0.25, 0.3) is 0 Å². The highest BCUT2D eigenvalue weighted by molar-refractivity contribution is 6.31. The number of aromatic nitrogens is 2. The first-order chi connectivity index (χ1) is 6.59. The lowest BCUT2D eigenvalue weighted by atomic mass is 10.3. The monoisotopic (exact) mass is 214 g/mol. The Labute approximate surface area is 82.3 Å². The second-order valence-electron chi connectivity index (χ2n) is 2.65. The highest BCUT2D eigenvalue weighted by Crippen LogP contribution is 2.22. The summed E-state index contributed by atoms with van der Waals surface area (Å²) in [7, 11) is 0. The maximum atomic E-state index is 13.3. The topological polar surface area (TPSA) is 66.0 Å². The van der Waals surface area contributed by atoms with E-state index in [4.69, 9.17) is 16.7 Å². The van der Waals surface area contributed by atoms with Crippen molar-refractivity contribution in [1.82, 2.24) is 9.97 Å². The molecule has 0 bridgehead atoms. The van der Waals surface area contributed by atoms with E-state index in [1.54, 1.807) is 0 Å². The van der Waals surface area contributed by atoms with Crippen molar-refractivity contribution in [3.05, 3.63) is 28.8 Å². The van der Waals surface area contributed by atoms with E-state index in [0.717, 1.165) is 0 Å². The van der Waals surface area contributed by atoms with Gasteiger partial charge in [0.2, 0.25) is 5.82 Å². The third kappa shape index (κ3) is 1.22. The number of benzene rings is 1. The number of hydrogen-bond donors (Lipinski definition) is 2. The molecule has 1 aromatic heterocycles. The standard InChI is InChI=1S/C8H4ClFN2O2/c9-3-1-2-4-6(5(3)10)12-7(11-4)8(13)14/h1-2H,(H,11,12)(H,13,14). The molecule has 4 nitrogen and oxygen atoms in total. The third-order valence-corrected chi connectivity index (χ3v) is 2.04. The van der Waals surface area contributed by atoms with Crippen LogP contribution in [0.15, 0.2) is 12.1 Å². The van der Waals surface area contributed by atoms with E-state index in [1.165, 1.54) is 12.1 Å². The zero-order valence-corrected chi connectivity index (χ0v) is 7.47. The number of H-pyrrole nitrogens is 1. The Bertz CT molecular complexity index is 523. The van der Waals surface area contributed by atoms with Gasteiger partial charge in [0.15, 0.2) is 5.82 Å². The molecule has 0 aliphatic carbocycles. The lowest BCUT2D eigenvalue weighted by Gasteiger charge is -1.92. The van der Waals surface area contributed by atoms with Crippen LogP contribution in [0.1, 0.15) is 10.6 Å². The number of nitrogens with zero attached hydrogens (tertiary/aromatic N) is 1. The van der Waals surface area contributed by atoms with E-state index >= 15 is 0 Å². The number of aromatic amines is 1. The summed E-state index contributed by atoms with van der Waals surface area (Å²) in [6, 6.07) is 2.81. The summed E-state index contributed by atoms with van der Waals surface area (Å²) in [5.41, 5.74) is 0.249. The number of carboxylic acid groups (broad SMARTS) is 1. The van der Waals surface area contributed by atoms with Gasteiger partial charge in [0.1, 0.15) is 5.52 Å². The molecule has 0 fully saturated rings. The minimum atomic E-state index is -1.24. The number of imidazole rings is 1. The molecule has 2 aromatic rings. The van der Waals surface area contributed by atoms with E-state index in [9.17, 15) is 9.18 Å². The van der Waals surface area contributed by atoms with Crippen LogP contribution in [0.5, 0.6) is 0 Å². The number of fused-ring (bicyclic) bond motifs is 1. The van der Waals surface area contributed by atoms with Crippen molar-refractivity contribution < 1.29 is 14.3 Å². The Morgan fingerprint density at radius 1 is 1.57 bits per heavy atom. The average Bonchev–Trinajstić information content (AvgIpc) is 2.56. The van der Waals surface area contributed by atoms with Crippen LogP contribution in [0.3, 0.4) is 0 Å². The molecule has 72 valence electrons. The van der Waals surface area contributed by atoms with Crippen molar-refractivity contribution in [3.63, 3.8) is 0 Å². The molecule has 0 spiro atoms. The fraction of sp³-hybridized carbons (Fsp3) is 0. The molecule has 2 N–H and O–H groups in total. The van der Waals surface area contributed by atoms with Crippen molar-refractivity contribution in [3.8, 4) is 0 Å². The van der Waals surface area contributed by atoms with Gasteiger partial charge in [-0.05, 0) is 12.1 Å². The largest absolute Gasteiger partial charge is 0.475 e. The molecule has 6 heteroatoms. The van der Waals surface area contributed by atoms with Crippen LogP contribution >= 0.6 is 11.6 Å². The van der Waals surface area contributed by atoms with Crippen molar-refractivity contribution in [1.29, 1.82) is 0 Å². The van der Waals surface area contributed by atoms with E-state index in [1.807, 2.05) is 0 Å². The average molecular weight is 215 g/mol. The predicted molar refractivity (Wildman–Crippen MR) is 48.0 cm³/mol. The number of nitrogens with one attached hydrogen (secondary N) is 1. The maximum Gasteiger partial charge on any atom is 0.371 e. The van der Waals surface area contributed by atoms with Crippen LogP contribution in [-0.4, -0.2) is 21.0 Å². The third-order valence-electron chi connectivity index (χ3n) is 1.75. The molecule has 0 saturated heterocycles. The van der Waals surface area contributed by atoms with Crippen LogP contribution in [0.2, 0.25) is 5.02 Å². The zero-order valence-electron chi connectivity index (χ0n) is 6.71. The van der Waals surface area contributed by atoms with Crippen molar-refractivity contribution in [2.75, 3.05) is 0 Å². The summed E-state index contributed by atoms with van der Waals surface area (Å²) < 4.78 is 13.3. The Morgan fingerprint density at radius 3 is 2.93 bits per heavy atom. The van der Waals surface area contributed by atoms with Gasteiger partial charge in [0, 0.05) is 0 Å². The lowest BCUT2D eigenvalue weighted by molar-refractivity contribution is 0.0685. The molecule has 0 aliphatic heterocycles. The van der Waals surface area contributed by atoms with Crippen molar-refractivity contribution >= 4 is 28.6 Å².